The van der Waals surface area contributed by atoms with Crippen LogP contribution in [0.2, 0.25) is 10.0 Å². The van der Waals surface area contributed by atoms with E-state index in [0.29, 0.717) is 16.5 Å². The summed E-state index contributed by atoms with van der Waals surface area (Å²) in [7, 11) is 0. The van der Waals surface area contributed by atoms with Gasteiger partial charge >= 0.3 is 0 Å². The molecule has 0 bridgehead atoms. The molecule has 1 fully saturated rings. The number of carbonyl (C=O) groups is 1. The molecular weight excluding hydrogens is 385 g/mol. The molecule has 0 saturated heterocycles. The molecule has 2 N–H and O–H groups in total. The first kappa shape index (κ1) is 18.5. The van der Waals surface area contributed by atoms with Gasteiger partial charge in [-0.05, 0) is 74.6 Å². The van der Waals surface area contributed by atoms with Gasteiger partial charge in [-0.1, -0.05) is 29.3 Å². The second kappa shape index (κ2) is 7.28. The molecule has 1 aromatic carbocycles. The van der Waals surface area contributed by atoms with E-state index >= 15 is 0 Å². The molecule has 2 aliphatic carbocycles. The third-order valence-electron chi connectivity index (χ3n) is 5.72. The van der Waals surface area contributed by atoms with E-state index in [0.717, 1.165) is 61.8 Å². The van der Waals surface area contributed by atoms with Gasteiger partial charge in [-0.25, -0.2) is 5.10 Å². The van der Waals surface area contributed by atoms with Crippen molar-refractivity contribution in [3.63, 3.8) is 0 Å². The SMILES string of the molecule is O=C(NC1(Cc2ccc(Cl)cc2Cl)CCC1)c1c2c(n[nH]c1=O)CCCC2. The second-order valence-electron chi connectivity index (χ2n) is 7.56. The summed E-state index contributed by atoms with van der Waals surface area (Å²) in [4.78, 5) is 25.4. The minimum absolute atomic E-state index is 0.230. The van der Waals surface area contributed by atoms with Gasteiger partial charge in [0.05, 0.1) is 5.69 Å². The Morgan fingerprint density at radius 2 is 1.96 bits per heavy atom. The van der Waals surface area contributed by atoms with Crippen molar-refractivity contribution < 1.29 is 4.79 Å². The summed E-state index contributed by atoms with van der Waals surface area (Å²) in [6.45, 7) is 0. The summed E-state index contributed by atoms with van der Waals surface area (Å²) >= 11 is 12.3. The molecule has 1 aromatic heterocycles. The third-order valence-corrected chi connectivity index (χ3v) is 6.31. The normalized spacial score (nSPS) is 17.7. The molecule has 2 aliphatic rings. The molecule has 5 nitrogen and oxygen atoms in total. The number of aryl methyl sites for hydroxylation is 1. The highest BCUT2D eigenvalue weighted by molar-refractivity contribution is 6.35. The van der Waals surface area contributed by atoms with Crippen LogP contribution < -0.4 is 10.9 Å². The zero-order valence-corrected chi connectivity index (χ0v) is 16.4. The van der Waals surface area contributed by atoms with E-state index < -0.39 is 5.56 Å². The highest BCUT2D eigenvalue weighted by atomic mass is 35.5. The van der Waals surface area contributed by atoms with Gasteiger partial charge < -0.3 is 5.32 Å². The number of nitrogens with one attached hydrogen (secondary N) is 2. The number of carbonyl (C=O) groups excluding carboxylic acids is 1. The van der Waals surface area contributed by atoms with Crippen molar-refractivity contribution >= 4 is 29.1 Å². The van der Waals surface area contributed by atoms with Crippen molar-refractivity contribution in [3.05, 3.63) is 61.0 Å². The Hall–Kier alpha value is -1.85. The molecule has 27 heavy (non-hydrogen) atoms. The van der Waals surface area contributed by atoms with E-state index in [1.165, 1.54) is 0 Å². The lowest BCUT2D eigenvalue weighted by molar-refractivity contribution is 0.0823. The molecule has 0 spiro atoms. The first-order valence-electron chi connectivity index (χ1n) is 9.34. The smallest absolute Gasteiger partial charge is 0.277 e. The van der Waals surface area contributed by atoms with Crippen LogP contribution in [0.25, 0.3) is 0 Å². The summed E-state index contributed by atoms with van der Waals surface area (Å²) in [6.07, 6.45) is 6.93. The van der Waals surface area contributed by atoms with Crippen molar-refractivity contribution in [1.29, 1.82) is 0 Å². The first-order valence-corrected chi connectivity index (χ1v) is 10.1. The largest absolute Gasteiger partial charge is 0.346 e. The van der Waals surface area contributed by atoms with Crippen LogP contribution >= 0.6 is 23.2 Å². The second-order valence-corrected chi connectivity index (χ2v) is 8.40. The highest BCUT2D eigenvalue weighted by Crippen LogP contribution is 2.37. The number of aromatic nitrogens is 2. The number of halogens is 2. The van der Waals surface area contributed by atoms with Gasteiger partial charge in [0.15, 0.2) is 0 Å². The summed E-state index contributed by atoms with van der Waals surface area (Å²) in [6, 6.07) is 5.43. The molecule has 1 saturated carbocycles. The quantitative estimate of drug-likeness (QED) is 0.810. The molecule has 0 unspecified atom stereocenters. The minimum Gasteiger partial charge on any atom is -0.346 e. The Balaban J connectivity index is 1.61. The van der Waals surface area contributed by atoms with E-state index in [4.69, 9.17) is 23.2 Å². The molecule has 1 amide bonds. The van der Waals surface area contributed by atoms with Crippen LogP contribution in [-0.4, -0.2) is 21.6 Å². The van der Waals surface area contributed by atoms with Crippen LogP contribution in [-0.2, 0) is 19.3 Å². The number of amides is 1. The summed E-state index contributed by atoms with van der Waals surface area (Å²) in [5.74, 6) is -0.304. The van der Waals surface area contributed by atoms with Gasteiger partial charge in [0.25, 0.3) is 11.5 Å². The van der Waals surface area contributed by atoms with Crippen molar-refractivity contribution in [2.45, 2.75) is 56.9 Å². The number of nitrogens with zero attached hydrogens (tertiary/aromatic N) is 1. The number of benzene rings is 1. The van der Waals surface area contributed by atoms with Crippen LogP contribution in [0.1, 0.15) is 59.3 Å². The van der Waals surface area contributed by atoms with Crippen molar-refractivity contribution in [2.75, 3.05) is 0 Å². The minimum atomic E-state index is -0.410. The average molecular weight is 406 g/mol. The summed E-state index contributed by atoms with van der Waals surface area (Å²) in [5.41, 5.74) is 2.05. The van der Waals surface area contributed by atoms with Crippen LogP contribution in [0.4, 0.5) is 0 Å². The van der Waals surface area contributed by atoms with Crippen LogP contribution in [0.3, 0.4) is 0 Å². The number of H-pyrrole nitrogens is 1. The number of hydrogen-bond acceptors (Lipinski definition) is 3. The number of aromatic amines is 1. The zero-order chi connectivity index (χ0) is 19.0. The Labute approximate surface area is 167 Å². The topological polar surface area (TPSA) is 74.8 Å². The molecule has 142 valence electrons. The Kier molecular flexibility index (Phi) is 4.99. The van der Waals surface area contributed by atoms with Crippen LogP contribution in [0.15, 0.2) is 23.0 Å². The lowest BCUT2D eigenvalue weighted by Crippen LogP contribution is -2.56. The predicted octanol–water partition coefficient (Wildman–Crippen LogP) is 3.85. The maximum atomic E-state index is 13.1. The van der Waals surface area contributed by atoms with Gasteiger partial charge in [-0.2, -0.15) is 5.10 Å². The molecular formula is C20H21Cl2N3O2. The summed E-state index contributed by atoms with van der Waals surface area (Å²) < 4.78 is 0. The Bertz CT molecular complexity index is 951. The molecule has 4 rings (SSSR count). The van der Waals surface area contributed by atoms with Crippen molar-refractivity contribution in [1.82, 2.24) is 15.5 Å². The highest BCUT2D eigenvalue weighted by Gasteiger charge is 2.40. The summed E-state index contributed by atoms with van der Waals surface area (Å²) in [5, 5.41) is 11.0. The van der Waals surface area contributed by atoms with Crippen LogP contribution in [0, 0.1) is 0 Å². The molecule has 0 aliphatic heterocycles. The number of rotatable bonds is 4. The fourth-order valence-corrected chi connectivity index (χ4v) is 4.59. The van der Waals surface area contributed by atoms with Crippen LogP contribution in [0.5, 0.6) is 0 Å². The van der Waals surface area contributed by atoms with E-state index in [1.54, 1.807) is 12.1 Å². The fourth-order valence-electron chi connectivity index (χ4n) is 4.12. The maximum absolute atomic E-state index is 13.1. The van der Waals surface area contributed by atoms with E-state index in [1.807, 2.05) is 6.07 Å². The van der Waals surface area contributed by atoms with Gasteiger partial charge in [0, 0.05) is 15.6 Å². The molecule has 7 heteroatoms. The molecule has 2 aromatic rings. The van der Waals surface area contributed by atoms with E-state index in [2.05, 4.69) is 15.5 Å². The van der Waals surface area contributed by atoms with E-state index in [9.17, 15) is 9.59 Å². The van der Waals surface area contributed by atoms with Gasteiger partial charge in [0.1, 0.15) is 5.56 Å². The predicted molar refractivity (Wildman–Crippen MR) is 106 cm³/mol. The average Bonchev–Trinajstić information content (AvgIpc) is 2.61. The maximum Gasteiger partial charge on any atom is 0.277 e. The Morgan fingerprint density at radius 1 is 1.19 bits per heavy atom. The molecule has 0 radical (unpaired) electrons. The Morgan fingerprint density at radius 3 is 2.67 bits per heavy atom. The van der Waals surface area contributed by atoms with Gasteiger partial charge in [-0.15, -0.1) is 0 Å². The molecule has 1 heterocycles. The van der Waals surface area contributed by atoms with Crippen molar-refractivity contribution in [3.8, 4) is 0 Å². The molecule has 0 atom stereocenters. The first-order chi connectivity index (χ1) is 13.0. The fraction of sp³-hybridized carbons (Fsp3) is 0.450. The number of hydrogen-bond donors (Lipinski definition) is 2. The third kappa shape index (κ3) is 3.63. The van der Waals surface area contributed by atoms with E-state index in [-0.39, 0.29) is 17.0 Å². The zero-order valence-electron chi connectivity index (χ0n) is 14.9. The lowest BCUT2D eigenvalue weighted by Gasteiger charge is -2.43. The monoisotopic (exact) mass is 405 g/mol. The van der Waals surface area contributed by atoms with Gasteiger partial charge in [0.2, 0.25) is 0 Å². The van der Waals surface area contributed by atoms with Crippen molar-refractivity contribution in [2.24, 2.45) is 0 Å². The van der Waals surface area contributed by atoms with Gasteiger partial charge in [-0.3, -0.25) is 9.59 Å². The standard InChI is InChI=1S/C20H21Cl2N3O2/c21-13-7-6-12(15(22)10-13)11-20(8-3-9-20)23-18(26)17-14-4-1-2-5-16(14)24-25-19(17)27/h6-7,10H,1-5,8-9,11H2,(H,23,26)(H,25,27). The lowest BCUT2D eigenvalue weighted by atomic mass is 9.72. The number of fused-ring (bicyclic) bond motifs is 1.